The summed E-state index contributed by atoms with van der Waals surface area (Å²) in [4.78, 5) is 42.3. The summed E-state index contributed by atoms with van der Waals surface area (Å²) < 4.78 is 1.41. The minimum Gasteiger partial charge on any atom is -0.477 e. The van der Waals surface area contributed by atoms with Crippen LogP contribution in [0.25, 0.3) is 0 Å². The summed E-state index contributed by atoms with van der Waals surface area (Å²) in [6.45, 7) is 0.0464. The van der Waals surface area contributed by atoms with Crippen molar-refractivity contribution in [1.29, 1.82) is 0 Å². The molecule has 16 heteroatoms. The number of nitrogens with one attached hydrogen (secondary N) is 1. The molecule has 0 bridgehead atoms. The Hall–Kier alpha value is -1.85. The predicted molar refractivity (Wildman–Crippen MR) is 128 cm³/mol. The van der Waals surface area contributed by atoms with E-state index in [4.69, 9.17) is 10.8 Å². The lowest BCUT2D eigenvalue weighted by atomic mass is 10.0. The van der Waals surface area contributed by atoms with Crippen molar-refractivity contribution in [3.05, 3.63) is 22.3 Å². The van der Waals surface area contributed by atoms with Crippen LogP contribution >= 0.6 is 58.0 Å². The number of rotatable bonds is 10. The molecular formula is C17H18N6O5S5. The van der Waals surface area contributed by atoms with Crippen molar-refractivity contribution >= 4 is 80.9 Å². The summed E-state index contributed by atoms with van der Waals surface area (Å²) >= 11 is 6.77. The monoisotopic (exact) mass is 546 g/mol. The third-order valence-electron chi connectivity index (χ3n) is 4.55. The second kappa shape index (κ2) is 10.6. The first kappa shape index (κ1) is 24.3. The van der Waals surface area contributed by atoms with E-state index in [0.717, 1.165) is 4.34 Å². The van der Waals surface area contributed by atoms with E-state index in [-0.39, 0.29) is 24.6 Å². The average molecular weight is 547 g/mol. The van der Waals surface area contributed by atoms with Crippen LogP contribution in [0.5, 0.6) is 0 Å². The number of aliphatic hydroxyl groups is 1. The van der Waals surface area contributed by atoms with Gasteiger partial charge in [-0.05, 0) is 5.57 Å². The van der Waals surface area contributed by atoms with Gasteiger partial charge in [0.1, 0.15) is 17.1 Å². The molecule has 2 aromatic heterocycles. The number of nitrogen functional groups attached to an aromatic ring is 1. The standard InChI is InChI=1S/C17H18N6O5S5/c18-15-19-8(6-31-15)3-9(25)20-10-12(26)23-11(14(27)28)7(4-30-13(10)23)5-32-17-22-21-16(33-17)29-2-1-24/h6,10,13,24H,1-5H2,(H2,18,19)(H,20,25)(H,27,28)/t10?,13-/m0/s1. The van der Waals surface area contributed by atoms with Crippen molar-refractivity contribution in [3.8, 4) is 0 Å². The lowest BCUT2D eigenvalue weighted by Gasteiger charge is -2.49. The van der Waals surface area contributed by atoms with Gasteiger partial charge in [0, 0.05) is 22.6 Å². The lowest BCUT2D eigenvalue weighted by molar-refractivity contribution is -0.150. The van der Waals surface area contributed by atoms with Crippen molar-refractivity contribution in [3.63, 3.8) is 0 Å². The van der Waals surface area contributed by atoms with Gasteiger partial charge in [-0.1, -0.05) is 34.9 Å². The van der Waals surface area contributed by atoms with Crippen molar-refractivity contribution in [2.45, 2.75) is 26.5 Å². The Labute approximate surface area is 208 Å². The Morgan fingerprint density at radius 1 is 1.30 bits per heavy atom. The van der Waals surface area contributed by atoms with E-state index in [9.17, 15) is 19.5 Å². The number of carbonyl (C=O) groups is 3. The molecule has 1 saturated heterocycles. The van der Waals surface area contributed by atoms with Crippen molar-refractivity contribution in [2.75, 3.05) is 29.6 Å². The zero-order valence-electron chi connectivity index (χ0n) is 16.8. The minimum absolute atomic E-state index is 0.00118. The highest BCUT2D eigenvalue weighted by molar-refractivity contribution is 8.03. The van der Waals surface area contributed by atoms with Gasteiger partial charge in [0.05, 0.1) is 18.7 Å². The van der Waals surface area contributed by atoms with Crippen LogP contribution in [0.1, 0.15) is 5.69 Å². The van der Waals surface area contributed by atoms with Crippen molar-refractivity contribution in [2.24, 2.45) is 0 Å². The number of aromatic nitrogens is 3. The Kier molecular flexibility index (Phi) is 7.80. The number of thioether (sulfide) groups is 3. The molecule has 4 heterocycles. The van der Waals surface area contributed by atoms with E-state index in [1.807, 2.05) is 0 Å². The van der Waals surface area contributed by atoms with Crippen LogP contribution in [0, 0.1) is 0 Å². The molecule has 33 heavy (non-hydrogen) atoms. The lowest BCUT2D eigenvalue weighted by Crippen LogP contribution is -2.70. The molecule has 0 aliphatic carbocycles. The van der Waals surface area contributed by atoms with E-state index < -0.39 is 23.3 Å². The number of hydrogen-bond acceptors (Lipinski definition) is 13. The van der Waals surface area contributed by atoms with E-state index in [1.54, 1.807) is 5.38 Å². The number of carboxylic acids is 1. The van der Waals surface area contributed by atoms with Gasteiger partial charge in [-0.2, -0.15) is 0 Å². The first-order chi connectivity index (χ1) is 15.9. The third kappa shape index (κ3) is 5.46. The van der Waals surface area contributed by atoms with E-state index in [2.05, 4.69) is 20.5 Å². The zero-order valence-corrected chi connectivity index (χ0v) is 20.9. The van der Waals surface area contributed by atoms with Crippen molar-refractivity contribution in [1.82, 2.24) is 25.4 Å². The first-order valence-electron chi connectivity index (χ1n) is 9.46. The molecule has 176 valence electrons. The molecule has 2 atom stereocenters. The van der Waals surface area contributed by atoms with Gasteiger partial charge in [0.2, 0.25) is 5.91 Å². The summed E-state index contributed by atoms with van der Waals surface area (Å²) in [6.07, 6.45) is -0.00118. The highest BCUT2D eigenvalue weighted by Gasteiger charge is 2.54. The predicted octanol–water partition coefficient (Wildman–Crippen LogP) is 0.735. The van der Waals surface area contributed by atoms with Crippen LogP contribution in [0.3, 0.4) is 0 Å². The molecular weight excluding hydrogens is 529 g/mol. The third-order valence-corrected chi connectivity index (χ3v) is 9.87. The van der Waals surface area contributed by atoms with Crippen molar-refractivity contribution < 1.29 is 24.6 Å². The van der Waals surface area contributed by atoms with Crippen LogP contribution in [0.15, 0.2) is 25.3 Å². The number of thiazole rings is 1. The summed E-state index contributed by atoms with van der Waals surface area (Å²) in [7, 11) is 0. The number of fused-ring (bicyclic) bond motifs is 1. The van der Waals surface area contributed by atoms with Gasteiger partial charge < -0.3 is 21.3 Å². The molecule has 5 N–H and O–H groups in total. The normalized spacial score (nSPS) is 19.9. The number of amides is 2. The molecule has 0 saturated carbocycles. The molecule has 0 aromatic carbocycles. The average Bonchev–Trinajstić information content (AvgIpc) is 3.42. The second-order valence-corrected chi connectivity index (χ2v) is 12.3. The fourth-order valence-corrected chi connectivity index (χ4v) is 8.06. The van der Waals surface area contributed by atoms with Gasteiger partial charge in [-0.25, -0.2) is 9.78 Å². The second-order valence-electron chi connectivity index (χ2n) is 6.76. The van der Waals surface area contributed by atoms with Gasteiger partial charge >= 0.3 is 5.97 Å². The number of anilines is 1. The maximum atomic E-state index is 12.7. The fraction of sp³-hybridized carbons (Fsp3) is 0.412. The van der Waals surface area contributed by atoms with Crippen LogP contribution in [-0.4, -0.2) is 83.4 Å². The summed E-state index contributed by atoms with van der Waals surface area (Å²) in [6, 6.07) is -0.781. The van der Waals surface area contributed by atoms with E-state index in [0.29, 0.717) is 38.0 Å². The van der Waals surface area contributed by atoms with Crippen LogP contribution in [0.4, 0.5) is 5.13 Å². The highest BCUT2D eigenvalue weighted by Crippen LogP contribution is 2.42. The van der Waals surface area contributed by atoms with E-state index in [1.165, 1.54) is 62.9 Å². The molecule has 4 rings (SSSR count). The highest BCUT2D eigenvalue weighted by atomic mass is 32.2. The Balaban J connectivity index is 1.39. The van der Waals surface area contributed by atoms with E-state index >= 15 is 0 Å². The van der Waals surface area contributed by atoms with Gasteiger partial charge in [-0.3, -0.25) is 14.5 Å². The number of β-lactam (4-membered cyclic amide) rings is 1. The first-order valence-corrected chi connectivity index (χ1v) is 14.2. The van der Waals surface area contributed by atoms with Gasteiger partial charge in [0.15, 0.2) is 13.8 Å². The molecule has 2 aliphatic heterocycles. The summed E-state index contributed by atoms with van der Waals surface area (Å²) in [5.74, 6) is -0.693. The molecule has 2 aromatic rings. The van der Waals surface area contributed by atoms with Gasteiger partial charge in [-0.15, -0.1) is 33.3 Å². The molecule has 2 amide bonds. The summed E-state index contributed by atoms with van der Waals surface area (Å²) in [5.41, 5.74) is 6.68. The Morgan fingerprint density at radius 3 is 2.73 bits per heavy atom. The van der Waals surface area contributed by atoms with Crippen LogP contribution in [0.2, 0.25) is 0 Å². The molecule has 0 radical (unpaired) electrons. The molecule has 1 unspecified atom stereocenters. The SMILES string of the molecule is Nc1nc(CC(=O)NC2C(=O)N3C(C(=O)O)=C(CSc4nnc(SCCO)s4)CS[C@@H]23)cs1. The van der Waals surface area contributed by atoms with Crippen LogP contribution < -0.4 is 11.1 Å². The summed E-state index contributed by atoms with van der Waals surface area (Å²) in [5, 5.41) is 31.1. The topological polar surface area (TPSA) is 172 Å². The maximum absolute atomic E-state index is 12.7. The number of nitrogens with two attached hydrogens (primary N) is 1. The number of aliphatic hydroxyl groups excluding tert-OH is 1. The molecule has 11 nitrogen and oxygen atoms in total. The smallest absolute Gasteiger partial charge is 0.352 e. The van der Waals surface area contributed by atoms with Crippen LogP contribution in [-0.2, 0) is 20.8 Å². The van der Waals surface area contributed by atoms with Gasteiger partial charge in [0.25, 0.3) is 5.91 Å². The number of nitrogens with zero attached hydrogens (tertiary/aromatic N) is 4. The Morgan fingerprint density at radius 2 is 2.06 bits per heavy atom. The number of carboxylic acid groups (broad SMARTS) is 1. The minimum atomic E-state index is -1.18. The fourth-order valence-electron chi connectivity index (χ4n) is 3.18. The molecule has 2 aliphatic rings. The zero-order chi connectivity index (χ0) is 23.5. The molecule has 0 spiro atoms. The Bertz CT molecular complexity index is 1100. The quantitative estimate of drug-likeness (QED) is 0.244. The number of carbonyl (C=O) groups excluding carboxylic acids is 2. The largest absolute Gasteiger partial charge is 0.477 e. The maximum Gasteiger partial charge on any atom is 0.352 e. The number of aliphatic carboxylic acids is 1. The number of hydrogen-bond donors (Lipinski definition) is 4. The molecule has 1 fully saturated rings.